The zero-order valence-corrected chi connectivity index (χ0v) is 13.6. The number of nitrogens with zero attached hydrogens (tertiary/aromatic N) is 1. The van der Waals surface area contributed by atoms with Crippen molar-refractivity contribution < 1.29 is 13.9 Å². The molecular weight excluding hydrogens is 294 g/mol. The monoisotopic (exact) mass is 315 g/mol. The molecule has 1 aromatic heterocycles. The van der Waals surface area contributed by atoms with Crippen LogP contribution < -0.4 is 10.4 Å². The highest BCUT2D eigenvalue weighted by Gasteiger charge is 2.26. The van der Waals surface area contributed by atoms with Crippen molar-refractivity contribution in [3.63, 3.8) is 0 Å². The van der Waals surface area contributed by atoms with E-state index in [4.69, 9.17) is 13.9 Å². The first-order valence-electron chi connectivity index (χ1n) is 8.16. The van der Waals surface area contributed by atoms with E-state index in [1.165, 1.54) is 0 Å². The van der Waals surface area contributed by atoms with E-state index in [0.717, 1.165) is 54.8 Å². The lowest BCUT2D eigenvalue weighted by molar-refractivity contribution is 0.0281. The predicted octanol–water partition coefficient (Wildman–Crippen LogP) is 2.74. The van der Waals surface area contributed by atoms with E-state index in [1.54, 1.807) is 6.92 Å². The van der Waals surface area contributed by atoms with Crippen LogP contribution in [0.25, 0.3) is 11.0 Å². The molecule has 0 aliphatic carbocycles. The van der Waals surface area contributed by atoms with Gasteiger partial charge in [0.2, 0.25) is 0 Å². The van der Waals surface area contributed by atoms with Gasteiger partial charge in [0, 0.05) is 30.6 Å². The van der Waals surface area contributed by atoms with Crippen molar-refractivity contribution in [2.75, 3.05) is 19.9 Å². The van der Waals surface area contributed by atoms with Crippen LogP contribution in [0.5, 0.6) is 5.75 Å². The number of ether oxygens (including phenoxy) is 2. The maximum Gasteiger partial charge on any atom is 0.339 e. The van der Waals surface area contributed by atoms with Gasteiger partial charge in [0.05, 0.1) is 11.7 Å². The summed E-state index contributed by atoms with van der Waals surface area (Å²) in [5, 5.41) is 0.989. The smallest absolute Gasteiger partial charge is 0.339 e. The molecule has 2 aromatic rings. The Bertz CT molecular complexity index is 805. The van der Waals surface area contributed by atoms with Gasteiger partial charge in [-0.15, -0.1) is 0 Å². The molecule has 4 rings (SSSR count). The molecule has 1 unspecified atom stereocenters. The Labute approximate surface area is 134 Å². The quantitative estimate of drug-likeness (QED) is 0.798. The standard InChI is InChI=1S/C18H21NO4/c1-11-12(2)18(20)23-17-14(11)5-6-16-15(17)9-19(10-22-16)8-13-4-3-7-21-13/h5-6,13H,3-4,7-10H2,1-2H3. The highest BCUT2D eigenvalue weighted by Crippen LogP contribution is 2.33. The minimum Gasteiger partial charge on any atom is -0.478 e. The molecule has 2 aliphatic heterocycles. The number of aryl methyl sites for hydroxylation is 1. The first-order chi connectivity index (χ1) is 11.1. The molecule has 0 bridgehead atoms. The van der Waals surface area contributed by atoms with E-state index in [-0.39, 0.29) is 11.7 Å². The Morgan fingerprint density at radius 1 is 1.26 bits per heavy atom. The largest absolute Gasteiger partial charge is 0.478 e. The highest BCUT2D eigenvalue weighted by molar-refractivity contribution is 5.85. The van der Waals surface area contributed by atoms with Gasteiger partial charge in [-0.2, -0.15) is 0 Å². The van der Waals surface area contributed by atoms with Gasteiger partial charge >= 0.3 is 5.63 Å². The Hall–Kier alpha value is -1.85. The molecule has 3 heterocycles. The molecule has 1 aromatic carbocycles. The zero-order valence-electron chi connectivity index (χ0n) is 13.6. The third kappa shape index (κ3) is 2.54. The molecule has 2 aliphatic rings. The van der Waals surface area contributed by atoms with Crippen molar-refractivity contribution in [3.05, 3.63) is 39.2 Å². The lowest BCUT2D eigenvalue weighted by Crippen LogP contribution is -2.37. The van der Waals surface area contributed by atoms with E-state index in [0.29, 0.717) is 17.9 Å². The van der Waals surface area contributed by atoms with Gasteiger partial charge in [-0.3, -0.25) is 4.90 Å². The van der Waals surface area contributed by atoms with Crippen molar-refractivity contribution in [3.8, 4) is 5.75 Å². The van der Waals surface area contributed by atoms with Crippen LogP contribution in [0, 0.1) is 13.8 Å². The van der Waals surface area contributed by atoms with Crippen molar-refractivity contribution >= 4 is 11.0 Å². The maximum absolute atomic E-state index is 12.1. The highest BCUT2D eigenvalue weighted by atomic mass is 16.5. The lowest BCUT2D eigenvalue weighted by atomic mass is 10.0. The summed E-state index contributed by atoms with van der Waals surface area (Å²) in [4.78, 5) is 14.3. The number of benzene rings is 1. The van der Waals surface area contributed by atoms with E-state index >= 15 is 0 Å². The Morgan fingerprint density at radius 2 is 2.13 bits per heavy atom. The molecule has 1 saturated heterocycles. The molecule has 0 amide bonds. The minimum atomic E-state index is -0.264. The summed E-state index contributed by atoms with van der Waals surface area (Å²) in [5.74, 6) is 0.812. The fraction of sp³-hybridized carbons (Fsp3) is 0.500. The molecule has 5 heteroatoms. The molecule has 1 atom stereocenters. The summed E-state index contributed by atoms with van der Waals surface area (Å²) in [6.07, 6.45) is 2.52. The van der Waals surface area contributed by atoms with Crippen LogP contribution in [0.4, 0.5) is 0 Å². The second kappa shape index (κ2) is 5.65. The molecule has 0 radical (unpaired) electrons. The van der Waals surface area contributed by atoms with Gasteiger partial charge in [0.1, 0.15) is 18.1 Å². The molecular formula is C18H21NO4. The summed E-state index contributed by atoms with van der Waals surface area (Å²) in [6.45, 7) is 6.75. The van der Waals surface area contributed by atoms with E-state index in [9.17, 15) is 4.79 Å². The summed E-state index contributed by atoms with van der Waals surface area (Å²) >= 11 is 0. The molecule has 0 saturated carbocycles. The van der Waals surface area contributed by atoms with Gasteiger partial charge in [-0.1, -0.05) is 0 Å². The van der Waals surface area contributed by atoms with Crippen LogP contribution in [-0.4, -0.2) is 30.9 Å². The van der Waals surface area contributed by atoms with E-state index in [2.05, 4.69) is 4.90 Å². The zero-order chi connectivity index (χ0) is 16.0. The SMILES string of the molecule is Cc1c(C)c2ccc3c(c2oc1=O)CN(CC1CCCO1)CO3. The fourth-order valence-corrected chi connectivity index (χ4v) is 3.45. The van der Waals surface area contributed by atoms with Gasteiger partial charge < -0.3 is 13.9 Å². The number of rotatable bonds is 2. The summed E-state index contributed by atoms with van der Waals surface area (Å²) in [6, 6.07) is 3.96. The van der Waals surface area contributed by atoms with Crippen LogP contribution in [0.1, 0.15) is 29.5 Å². The summed E-state index contributed by atoms with van der Waals surface area (Å²) < 4.78 is 17.2. The van der Waals surface area contributed by atoms with Crippen LogP contribution in [-0.2, 0) is 11.3 Å². The van der Waals surface area contributed by atoms with Crippen LogP contribution in [0.2, 0.25) is 0 Å². The number of hydrogen-bond acceptors (Lipinski definition) is 5. The predicted molar refractivity (Wildman–Crippen MR) is 86.8 cm³/mol. The summed E-state index contributed by atoms with van der Waals surface area (Å²) in [7, 11) is 0. The second-order valence-corrected chi connectivity index (χ2v) is 6.48. The van der Waals surface area contributed by atoms with Gasteiger partial charge in [0.15, 0.2) is 0 Å². The first-order valence-corrected chi connectivity index (χ1v) is 8.16. The Morgan fingerprint density at radius 3 is 2.91 bits per heavy atom. The normalized spacial score (nSPS) is 21.4. The average molecular weight is 315 g/mol. The van der Waals surface area contributed by atoms with Crippen LogP contribution >= 0.6 is 0 Å². The van der Waals surface area contributed by atoms with Crippen molar-refractivity contribution in [2.24, 2.45) is 0 Å². The number of hydrogen-bond donors (Lipinski definition) is 0. The minimum absolute atomic E-state index is 0.264. The van der Waals surface area contributed by atoms with Crippen LogP contribution in [0.15, 0.2) is 21.3 Å². The lowest BCUT2D eigenvalue weighted by Gasteiger charge is -2.30. The molecule has 122 valence electrons. The fourth-order valence-electron chi connectivity index (χ4n) is 3.45. The molecule has 0 N–H and O–H groups in total. The first kappa shape index (κ1) is 14.7. The third-order valence-electron chi connectivity index (χ3n) is 4.96. The molecule has 23 heavy (non-hydrogen) atoms. The maximum atomic E-state index is 12.1. The van der Waals surface area contributed by atoms with E-state index in [1.807, 2.05) is 19.1 Å². The topological polar surface area (TPSA) is 51.9 Å². The second-order valence-electron chi connectivity index (χ2n) is 6.48. The van der Waals surface area contributed by atoms with E-state index < -0.39 is 0 Å². The molecule has 0 spiro atoms. The molecule has 1 fully saturated rings. The Kier molecular flexibility index (Phi) is 3.62. The molecule has 5 nitrogen and oxygen atoms in total. The van der Waals surface area contributed by atoms with Crippen molar-refractivity contribution in [2.45, 2.75) is 39.3 Å². The average Bonchev–Trinajstić information content (AvgIpc) is 3.05. The van der Waals surface area contributed by atoms with Gasteiger partial charge in [-0.05, 0) is 44.4 Å². The van der Waals surface area contributed by atoms with Crippen molar-refractivity contribution in [1.29, 1.82) is 0 Å². The van der Waals surface area contributed by atoms with Gasteiger partial charge in [0.25, 0.3) is 0 Å². The van der Waals surface area contributed by atoms with Gasteiger partial charge in [-0.25, -0.2) is 4.79 Å². The van der Waals surface area contributed by atoms with Crippen molar-refractivity contribution in [1.82, 2.24) is 4.90 Å². The summed E-state index contributed by atoms with van der Waals surface area (Å²) in [5.41, 5.74) is 3.01. The number of fused-ring (bicyclic) bond motifs is 3. The van der Waals surface area contributed by atoms with Crippen LogP contribution in [0.3, 0.4) is 0 Å². The third-order valence-corrected chi connectivity index (χ3v) is 4.96. The Balaban J connectivity index is 1.72.